The van der Waals surface area contributed by atoms with Gasteiger partial charge < -0.3 is 10.2 Å². The van der Waals surface area contributed by atoms with Crippen LogP contribution in [0.15, 0.2) is 64.0 Å². The topological polar surface area (TPSA) is 48.5 Å². The fourth-order valence-electron chi connectivity index (χ4n) is 3.73. The molecule has 29 heavy (non-hydrogen) atoms. The Balaban J connectivity index is 1.13. The van der Waals surface area contributed by atoms with Gasteiger partial charge >= 0.3 is 6.03 Å². The number of fused-ring (bicyclic) bond motifs is 1. The first kappa shape index (κ1) is 18.6. The van der Waals surface area contributed by atoms with Crippen LogP contribution in [0.5, 0.6) is 0 Å². The van der Waals surface area contributed by atoms with E-state index in [1.54, 1.807) is 29.4 Å². The lowest BCUT2D eigenvalue weighted by Crippen LogP contribution is -2.40. The van der Waals surface area contributed by atoms with Crippen molar-refractivity contribution in [3.05, 3.63) is 70.5 Å². The molecule has 2 aliphatic heterocycles. The molecule has 8 heteroatoms. The molecule has 0 fully saturated rings. The highest BCUT2D eigenvalue weighted by molar-refractivity contribution is 7.97. The van der Waals surface area contributed by atoms with Gasteiger partial charge in [0, 0.05) is 37.6 Å². The number of nitrogens with one attached hydrogen (secondary N) is 1. The van der Waals surface area contributed by atoms with Crippen molar-refractivity contribution < 1.29 is 9.18 Å². The molecule has 148 valence electrons. The Kier molecular flexibility index (Phi) is 4.99. The summed E-state index contributed by atoms with van der Waals surface area (Å²) in [6, 6.07) is 12.6. The molecule has 0 aliphatic carbocycles. The van der Waals surface area contributed by atoms with Crippen molar-refractivity contribution in [1.82, 2.24) is 19.5 Å². The van der Waals surface area contributed by atoms with Crippen LogP contribution in [0.3, 0.4) is 0 Å². The van der Waals surface area contributed by atoms with Gasteiger partial charge in [-0.2, -0.15) is 0 Å². The van der Waals surface area contributed by atoms with Crippen LogP contribution in [0, 0.1) is 5.82 Å². The highest BCUT2D eigenvalue weighted by Gasteiger charge is 2.32. The number of hydrogen-bond donors (Lipinski definition) is 1. The maximum Gasteiger partial charge on any atom is 0.318 e. The van der Waals surface area contributed by atoms with E-state index in [4.69, 9.17) is 0 Å². The second kappa shape index (κ2) is 7.78. The molecule has 3 heterocycles. The number of thiazole rings is 1. The molecule has 1 N–H and O–H groups in total. The van der Waals surface area contributed by atoms with Gasteiger partial charge in [-0.05, 0) is 59.0 Å². The molecular weight excluding hydrogens is 407 g/mol. The molecule has 2 aliphatic rings. The van der Waals surface area contributed by atoms with Crippen LogP contribution in [0.2, 0.25) is 0 Å². The number of aromatic nitrogens is 1. The Morgan fingerprint density at radius 3 is 2.76 bits per heavy atom. The molecule has 1 aromatic heterocycles. The average molecular weight is 427 g/mol. The van der Waals surface area contributed by atoms with Crippen molar-refractivity contribution in [2.75, 3.05) is 26.2 Å². The van der Waals surface area contributed by atoms with Gasteiger partial charge in [0.2, 0.25) is 0 Å². The van der Waals surface area contributed by atoms with Gasteiger partial charge in [-0.25, -0.2) is 18.5 Å². The SMILES string of the molecule is O=C(NCc1cccc(F)c1)N1CC2=C(CN(Sc3ccc4ncsc4c3)C2)C1. The van der Waals surface area contributed by atoms with Crippen LogP contribution in [0.4, 0.5) is 9.18 Å². The average Bonchev–Trinajstić information content (AvgIpc) is 3.40. The zero-order chi connectivity index (χ0) is 19.8. The van der Waals surface area contributed by atoms with Gasteiger partial charge in [-0.15, -0.1) is 11.3 Å². The lowest BCUT2D eigenvalue weighted by molar-refractivity contribution is 0.208. The van der Waals surface area contributed by atoms with Crippen molar-refractivity contribution in [2.24, 2.45) is 0 Å². The van der Waals surface area contributed by atoms with Gasteiger partial charge in [-0.1, -0.05) is 12.1 Å². The first-order chi connectivity index (χ1) is 14.1. The van der Waals surface area contributed by atoms with Gasteiger partial charge in [0.05, 0.1) is 15.7 Å². The highest BCUT2D eigenvalue weighted by Crippen LogP contribution is 2.34. The van der Waals surface area contributed by atoms with E-state index in [-0.39, 0.29) is 11.8 Å². The third kappa shape index (κ3) is 4.01. The fraction of sp³-hybridized carbons (Fsp3) is 0.238. The Morgan fingerprint density at radius 2 is 1.97 bits per heavy atom. The molecule has 0 unspecified atom stereocenters. The normalized spacial score (nSPS) is 16.7. The largest absolute Gasteiger partial charge is 0.334 e. The van der Waals surface area contributed by atoms with Crippen molar-refractivity contribution in [1.29, 1.82) is 0 Å². The number of benzene rings is 2. The first-order valence-electron chi connectivity index (χ1n) is 9.37. The number of amides is 2. The third-order valence-electron chi connectivity index (χ3n) is 5.16. The fourth-order valence-corrected chi connectivity index (χ4v) is 5.56. The molecular formula is C21H19FN4OS2. The summed E-state index contributed by atoms with van der Waals surface area (Å²) < 4.78 is 16.8. The molecule has 5 nitrogen and oxygen atoms in total. The minimum Gasteiger partial charge on any atom is -0.334 e. The summed E-state index contributed by atoms with van der Waals surface area (Å²) >= 11 is 3.42. The van der Waals surface area contributed by atoms with E-state index in [1.165, 1.54) is 32.9 Å². The number of nitrogens with zero attached hydrogens (tertiary/aromatic N) is 3. The number of carbonyl (C=O) groups excluding carboxylic acids is 1. The highest BCUT2D eigenvalue weighted by atomic mass is 32.2. The number of urea groups is 1. The summed E-state index contributed by atoms with van der Waals surface area (Å²) in [6.45, 7) is 3.40. The molecule has 0 atom stereocenters. The summed E-state index contributed by atoms with van der Waals surface area (Å²) in [6.07, 6.45) is 0. The van der Waals surface area contributed by atoms with Crippen molar-refractivity contribution in [2.45, 2.75) is 11.4 Å². The lowest BCUT2D eigenvalue weighted by Gasteiger charge is -2.22. The zero-order valence-electron chi connectivity index (χ0n) is 15.6. The quantitative estimate of drug-likeness (QED) is 0.500. The number of rotatable bonds is 4. The van der Waals surface area contributed by atoms with Crippen LogP contribution < -0.4 is 5.32 Å². The number of halogens is 1. The summed E-state index contributed by atoms with van der Waals surface area (Å²) in [5, 5.41) is 2.89. The van der Waals surface area contributed by atoms with Gasteiger partial charge in [0.15, 0.2) is 0 Å². The minimum atomic E-state index is -0.286. The molecule has 0 bridgehead atoms. The molecule has 3 aromatic rings. The first-order valence-corrected chi connectivity index (χ1v) is 11.0. The van der Waals surface area contributed by atoms with Gasteiger partial charge in [0.1, 0.15) is 5.82 Å². The Morgan fingerprint density at radius 1 is 1.14 bits per heavy atom. The smallest absolute Gasteiger partial charge is 0.318 e. The third-order valence-corrected chi connectivity index (χ3v) is 6.93. The maximum atomic E-state index is 13.3. The maximum absolute atomic E-state index is 13.3. The van der Waals surface area contributed by atoms with E-state index in [1.807, 2.05) is 16.5 Å². The predicted octanol–water partition coefficient (Wildman–Crippen LogP) is 4.28. The molecule has 0 saturated heterocycles. The molecule has 5 rings (SSSR count). The van der Waals surface area contributed by atoms with E-state index >= 15 is 0 Å². The second-order valence-electron chi connectivity index (χ2n) is 7.22. The van der Waals surface area contributed by atoms with Crippen molar-refractivity contribution >= 4 is 39.5 Å². The van der Waals surface area contributed by atoms with Crippen molar-refractivity contribution in [3.8, 4) is 0 Å². The van der Waals surface area contributed by atoms with Crippen LogP contribution in [0.25, 0.3) is 10.2 Å². The van der Waals surface area contributed by atoms with Crippen LogP contribution in [0.1, 0.15) is 5.56 Å². The molecule has 0 radical (unpaired) electrons. The second-order valence-corrected chi connectivity index (χ2v) is 9.28. The molecule has 2 aromatic carbocycles. The summed E-state index contributed by atoms with van der Waals surface area (Å²) in [5.41, 5.74) is 6.34. The molecule has 0 spiro atoms. The Labute approximate surface area is 176 Å². The van der Waals surface area contributed by atoms with Crippen LogP contribution in [-0.2, 0) is 6.54 Å². The van der Waals surface area contributed by atoms with Crippen LogP contribution in [-0.4, -0.2) is 46.4 Å². The van der Waals surface area contributed by atoms with Crippen molar-refractivity contribution in [3.63, 3.8) is 0 Å². The minimum absolute atomic E-state index is 0.0986. The molecule has 0 saturated carbocycles. The zero-order valence-corrected chi connectivity index (χ0v) is 17.2. The standard InChI is InChI=1S/C21H19FN4OS2/c22-17-3-1-2-14(6-17)8-23-21(27)25-9-15-11-26(12-16(15)10-25)29-18-4-5-19-20(7-18)28-13-24-19/h1-7,13H,8-12H2,(H,23,27). The lowest BCUT2D eigenvalue weighted by atomic mass is 10.2. The summed E-state index contributed by atoms with van der Waals surface area (Å²) in [5.74, 6) is -0.286. The monoisotopic (exact) mass is 426 g/mol. The van der Waals surface area contributed by atoms with E-state index in [0.717, 1.165) is 24.2 Å². The van der Waals surface area contributed by atoms with Gasteiger partial charge in [0.25, 0.3) is 0 Å². The van der Waals surface area contributed by atoms with E-state index in [0.29, 0.717) is 19.6 Å². The van der Waals surface area contributed by atoms with E-state index in [9.17, 15) is 9.18 Å². The number of hydrogen-bond acceptors (Lipinski definition) is 5. The summed E-state index contributed by atoms with van der Waals surface area (Å²) in [7, 11) is 0. The van der Waals surface area contributed by atoms with E-state index in [2.05, 4.69) is 32.8 Å². The Bertz CT molecular complexity index is 1090. The summed E-state index contributed by atoms with van der Waals surface area (Å²) in [4.78, 5) is 19.8. The van der Waals surface area contributed by atoms with Crippen LogP contribution >= 0.6 is 23.3 Å². The molecule has 2 amide bonds. The number of carbonyl (C=O) groups is 1. The van der Waals surface area contributed by atoms with E-state index < -0.39 is 0 Å². The Hall–Kier alpha value is -2.42. The predicted molar refractivity (Wildman–Crippen MR) is 114 cm³/mol. The van der Waals surface area contributed by atoms with Gasteiger partial charge in [-0.3, -0.25) is 0 Å².